The van der Waals surface area contributed by atoms with Crippen LogP contribution in [0, 0.1) is 0 Å². The fourth-order valence-corrected chi connectivity index (χ4v) is 2.08. The highest BCUT2D eigenvalue weighted by Gasteiger charge is 2.10. The minimum Gasteiger partial charge on any atom is -0.493 e. The molecule has 2 rings (SSSR count). The Morgan fingerprint density at radius 1 is 1.47 bits per heavy atom. The third-order valence-electron chi connectivity index (χ3n) is 2.85. The van der Waals surface area contributed by atoms with Crippen LogP contribution in [-0.4, -0.2) is 24.8 Å². The van der Waals surface area contributed by atoms with E-state index in [2.05, 4.69) is 30.1 Å². The molecule has 0 saturated heterocycles. The van der Waals surface area contributed by atoms with Crippen LogP contribution in [0.25, 0.3) is 0 Å². The average molecular weight is 251 g/mol. The lowest BCUT2D eigenvalue weighted by molar-refractivity contribution is -0.118. The van der Waals surface area contributed by atoms with Crippen molar-refractivity contribution in [3.05, 3.63) is 29.3 Å². The van der Waals surface area contributed by atoms with Gasteiger partial charge in [0.15, 0.2) is 0 Å². The summed E-state index contributed by atoms with van der Waals surface area (Å²) in [7, 11) is 0. The minimum atomic E-state index is -0.0189. The molecule has 0 aliphatic carbocycles. The molecule has 0 radical (unpaired) electrons. The summed E-state index contributed by atoms with van der Waals surface area (Å²) in [5.74, 6) is 1.24. The molecule has 0 fully saturated rings. The van der Waals surface area contributed by atoms with Crippen LogP contribution < -0.4 is 10.1 Å². The molecule has 3 nitrogen and oxygen atoms in total. The van der Waals surface area contributed by atoms with Crippen LogP contribution in [0.1, 0.15) is 17.5 Å². The highest BCUT2D eigenvalue weighted by Crippen LogP contribution is 2.25. The van der Waals surface area contributed by atoms with Gasteiger partial charge in [0.05, 0.1) is 12.4 Å². The Morgan fingerprint density at radius 2 is 2.35 bits per heavy atom. The van der Waals surface area contributed by atoms with E-state index >= 15 is 0 Å². The normalized spacial score (nSPS) is 13.7. The third-order valence-corrected chi connectivity index (χ3v) is 3.14. The van der Waals surface area contributed by atoms with Crippen molar-refractivity contribution < 1.29 is 9.53 Å². The van der Waals surface area contributed by atoms with Crippen molar-refractivity contribution >= 4 is 18.5 Å². The molecule has 1 aliphatic rings. The highest BCUT2D eigenvalue weighted by atomic mass is 32.1. The maximum atomic E-state index is 11.0. The first kappa shape index (κ1) is 12.3. The summed E-state index contributed by atoms with van der Waals surface area (Å²) < 4.78 is 5.56. The number of aryl methyl sites for hydroxylation is 1. The second-order valence-electron chi connectivity index (χ2n) is 4.15. The fraction of sp³-hybridized carbons (Fsp3) is 0.462. The van der Waals surface area contributed by atoms with E-state index in [0.29, 0.717) is 6.54 Å². The van der Waals surface area contributed by atoms with E-state index in [4.69, 9.17) is 4.74 Å². The lowest BCUT2D eigenvalue weighted by Gasteiger charge is -2.17. The van der Waals surface area contributed by atoms with Crippen molar-refractivity contribution in [3.8, 4) is 5.75 Å². The van der Waals surface area contributed by atoms with Crippen LogP contribution in [0.5, 0.6) is 5.75 Å². The zero-order valence-electron chi connectivity index (χ0n) is 9.74. The van der Waals surface area contributed by atoms with Crippen molar-refractivity contribution in [1.82, 2.24) is 5.32 Å². The molecule has 1 heterocycles. The lowest BCUT2D eigenvalue weighted by Crippen LogP contribution is -2.26. The van der Waals surface area contributed by atoms with Crippen LogP contribution in [0.4, 0.5) is 0 Å². The van der Waals surface area contributed by atoms with Gasteiger partial charge < -0.3 is 10.1 Å². The molecule has 0 aromatic heterocycles. The van der Waals surface area contributed by atoms with Gasteiger partial charge in [0.25, 0.3) is 0 Å². The fourth-order valence-electron chi connectivity index (χ4n) is 1.97. The number of hydrogen-bond donors (Lipinski definition) is 2. The minimum absolute atomic E-state index is 0.0189. The zero-order valence-corrected chi connectivity index (χ0v) is 10.6. The SMILES string of the molecule is O=C(CS)NCCc1ccc2c(c1)CCCO2. The molecule has 1 N–H and O–H groups in total. The molecule has 1 amide bonds. The molecule has 0 atom stereocenters. The van der Waals surface area contributed by atoms with Gasteiger partial charge in [-0.3, -0.25) is 4.79 Å². The van der Waals surface area contributed by atoms with Crippen LogP contribution in [0.3, 0.4) is 0 Å². The summed E-state index contributed by atoms with van der Waals surface area (Å²) in [4.78, 5) is 11.0. The van der Waals surface area contributed by atoms with Crippen LogP contribution in [-0.2, 0) is 17.6 Å². The molecule has 0 unspecified atom stereocenters. The number of carbonyl (C=O) groups excluding carboxylic acids is 1. The lowest BCUT2D eigenvalue weighted by atomic mass is 10.0. The molecule has 0 saturated carbocycles. The molecule has 0 spiro atoms. The van der Waals surface area contributed by atoms with Crippen molar-refractivity contribution in [2.75, 3.05) is 18.9 Å². The Morgan fingerprint density at radius 3 is 3.18 bits per heavy atom. The Kier molecular flexibility index (Phi) is 4.31. The molecular formula is C13H17NO2S. The first-order valence-corrected chi connectivity index (χ1v) is 6.55. The van der Waals surface area contributed by atoms with Gasteiger partial charge in [-0.1, -0.05) is 12.1 Å². The zero-order chi connectivity index (χ0) is 12.1. The standard InChI is InChI=1S/C13H17NO2S/c15-13(9-17)14-6-5-10-3-4-12-11(8-10)2-1-7-16-12/h3-4,8,17H,1-2,5-7,9H2,(H,14,15). The smallest absolute Gasteiger partial charge is 0.229 e. The first-order valence-electron chi connectivity index (χ1n) is 5.92. The molecule has 1 aliphatic heterocycles. The van der Waals surface area contributed by atoms with Gasteiger partial charge in [-0.2, -0.15) is 12.6 Å². The summed E-state index contributed by atoms with van der Waals surface area (Å²) in [5.41, 5.74) is 2.53. The molecule has 17 heavy (non-hydrogen) atoms. The van der Waals surface area contributed by atoms with Gasteiger partial charge in [-0.15, -0.1) is 0 Å². The largest absolute Gasteiger partial charge is 0.493 e. The number of hydrogen-bond acceptors (Lipinski definition) is 3. The van der Waals surface area contributed by atoms with Gasteiger partial charge in [0.2, 0.25) is 5.91 Å². The number of carbonyl (C=O) groups is 1. The Hall–Kier alpha value is -1.16. The average Bonchev–Trinajstić information content (AvgIpc) is 2.38. The number of thiol groups is 1. The molecular weight excluding hydrogens is 234 g/mol. The van der Waals surface area contributed by atoms with E-state index in [1.165, 1.54) is 11.1 Å². The van der Waals surface area contributed by atoms with E-state index < -0.39 is 0 Å². The van der Waals surface area contributed by atoms with Gasteiger partial charge in [-0.25, -0.2) is 0 Å². The number of ether oxygens (including phenoxy) is 1. The predicted octanol–water partition coefficient (Wildman–Crippen LogP) is 1.60. The Labute approximate surface area is 107 Å². The molecule has 0 bridgehead atoms. The molecule has 4 heteroatoms. The number of benzene rings is 1. The number of fused-ring (bicyclic) bond motifs is 1. The Balaban J connectivity index is 1.91. The van der Waals surface area contributed by atoms with Crippen molar-refractivity contribution in [3.63, 3.8) is 0 Å². The maximum Gasteiger partial charge on any atom is 0.229 e. The quantitative estimate of drug-likeness (QED) is 0.798. The van der Waals surface area contributed by atoms with E-state index in [1.54, 1.807) is 0 Å². The summed E-state index contributed by atoms with van der Waals surface area (Å²) in [6.07, 6.45) is 3.03. The second kappa shape index (κ2) is 5.96. The van der Waals surface area contributed by atoms with E-state index in [-0.39, 0.29) is 11.7 Å². The van der Waals surface area contributed by atoms with Gasteiger partial charge in [0.1, 0.15) is 5.75 Å². The van der Waals surface area contributed by atoms with Gasteiger partial charge in [-0.05, 0) is 36.5 Å². The highest BCUT2D eigenvalue weighted by molar-refractivity contribution is 7.81. The number of rotatable bonds is 4. The van der Waals surface area contributed by atoms with E-state index in [9.17, 15) is 4.79 Å². The molecule has 92 valence electrons. The van der Waals surface area contributed by atoms with Crippen molar-refractivity contribution in [1.29, 1.82) is 0 Å². The summed E-state index contributed by atoms with van der Waals surface area (Å²) in [6.45, 7) is 1.49. The van der Waals surface area contributed by atoms with Crippen LogP contribution in [0.15, 0.2) is 18.2 Å². The maximum absolute atomic E-state index is 11.0. The third kappa shape index (κ3) is 3.40. The van der Waals surface area contributed by atoms with Crippen molar-refractivity contribution in [2.45, 2.75) is 19.3 Å². The second-order valence-corrected chi connectivity index (χ2v) is 4.47. The van der Waals surface area contributed by atoms with Crippen molar-refractivity contribution in [2.24, 2.45) is 0 Å². The topological polar surface area (TPSA) is 38.3 Å². The summed E-state index contributed by atoms with van der Waals surface area (Å²) in [5, 5.41) is 2.81. The van der Waals surface area contributed by atoms with Crippen LogP contribution >= 0.6 is 12.6 Å². The van der Waals surface area contributed by atoms with Crippen LogP contribution in [0.2, 0.25) is 0 Å². The summed E-state index contributed by atoms with van der Waals surface area (Å²) in [6, 6.07) is 6.28. The number of amides is 1. The predicted molar refractivity (Wildman–Crippen MR) is 70.8 cm³/mol. The van der Waals surface area contributed by atoms with Gasteiger partial charge in [0, 0.05) is 6.54 Å². The van der Waals surface area contributed by atoms with E-state index in [1.807, 2.05) is 6.07 Å². The molecule has 1 aromatic rings. The monoisotopic (exact) mass is 251 g/mol. The van der Waals surface area contributed by atoms with Gasteiger partial charge >= 0.3 is 0 Å². The number of nitrogens with one attached hydrogen (secondary N) is 1. The van der Waals surface area contributed by atoms with E-state index in [0.717, 1.165) is 31.6 Å². The first-order chi connectivity index (χ1) is 8.29. The Bertz CT molecular complexity index is 406. The molecule has 1 aromatic carbocycles. The summed E-state index contributed by atoms with van der Waals surface area (Å²) >= 11 is 3.91.